The molecule has 258 valence electrons. The summed E-state index contributed by atoms with van der Waals surface area (Å²) < 4.78 is 0. The summed E-state index contributed by atoms with van der Waals surface area (Å²) in [4.78, 5) is 3.88. The van der Waals surface area contributed by atoms with E-state index in [1.54, 1.807) is 18.4 Å². The quantitative estimate of drug-likeness (QED) is 0.124. The topological polar surface area (TPSA) is 62.4 Å². The van der Waals surface area contributed by atoms with Crippen LogP contribution in [0.25, 0.3) is 0 Å². The molecule has 0 atom stereocenters. The lowest BCUT2D eigenvalue weighted by Crippen LogP contribution is -2.16. The van der Waals surface area contributed by atoms with Crippen LogP contribution in [0.3, 0.4) is 0 Å². The van der Waals surface area contributed by atoms with Crippen molar-refractivity contribution in [3.63, 3.8) is 0 Å². The molecule has 0 saturated heterocycles. The monoisotopic (exact) mass is 646 g/mol. The van der Waals surface area contributed by atoms with Crippen LogP contribution in [0.4, 0.5) is 0 Å². The molecule has 2 rings (SSSR count). The van der Waals surface area contributed by atoms with Crippen LogP contribution >= 0.6 is 0 Å². The van der Waals surface area contributed by atoms with Gasteiger partial charge in [-0.05, 0) is 111 Å². The fourth-order valence-corrected chi connectivity index (χ4v) is 4.23. The van der Waals surface area contributed by atoms with E-state index in [2.05, 4.69) is 101 Å². The number of aryl methyl sites for hydroxylation is 2. The molecule has 48 heavy (non-hydrogen) atoms. The second-order valence-electron chi connectivity index (χ2n) is 11.9. The van der Waals surface area contributed by atoms with E-state index < -0.39 is 0 Å². The molecule has 0 unspecified atom stereocenters. The molecule has 0 heterocycles. The van der Waals surface area contributed by atoms with E-state index in [0.29, 0.717) is 6.54 Å². The summed E-state index contributed by atoms with van der Waals surface area (Å²) in [5.74, 6) is 0. The van der Waals surface area contributed by atoms with Gasteiger partial charge >= 0.3 is 0 Å². The Labute approximate surface area is 293 Å². The Morgan fingerprint density at radius 1 is 0.896 bits per heavy atom. The van der Waals surface area contributed by atoms with Crippen LogP contribution in [-0.2, 0) is 19.4 Å². The average Bonchev–Trinajstić information content (AvgIpc) is 3.08. The Balaban J connectivity index is 0.00000120. The van der Waals surface area contributed by atoms with Gasteiger partial charge in [0.2, 0.25) is 0 Å². The Morgan fingerprint density at radius 3 is 2.00 bits per heavy atom. The number of hydrogen-bond donors (Lipinski definition) is 3. The van der Waals surface area contributed by atoms with Gasteiger partial charge in [-0.25, -0.2) is 0 Å². The van der Waals surface area contributed by atoms with Gasteiger partial charge in [-0.15, -0.1) is 0 Å². The predicted octanol–water partition coefficient (Wildman–Crippen LogP) is 11.0. The third kappa shape index (κ3) is 16.1. The predicted molar refractivity (Wildman–Crippen MR) is 217 cm³/mol. The number of benzene rings is 1. The van der Waals surface area contributed by atoms with Gasteiger partial charge in [0.05, 0.1) is 0 Å². The Morgan fingerprint density at radius 2 is 1.54 bits per heavy atom. The second-order valence-corrected chi connectivity index (χ2v) is 11.9. The van der Waals surface area contributed by atoms with Crippen molar-refractivity contribution in [1.29, 1.82) is 0 Å². The summed E-state index contributed by atoms with van der Waals surface area (Å²) in [6.45, 7) is 45.3. The molecule has 4 N–H and O–H groups in total. The van der Waals surface area contributed by atoms with Crippen LogP contribution in [-0.4, -0.2) is 12.8 Å². The first-order valence-corrected chi connectivity index (χ1v) is 16.6. The van der Waals surface area contributed by atoms with Gasteiger partial charge in [-0.2, -0.15) is 0 Å². The molecule has 0 aliphatic heterocycles. The van der Waals surface area contributed by atoms with Gasteiger partial charge in [0, 0.05) is 42.6 Å². The molecule has 0 saturated carbocycles. The van der Waals surface area contributed by atoms with E-state index in [0.717, 1.165) is 69.9 Å². The van der Waals surface area contributed by atoms with E-state index in [1.165, 1.54) is 34.3 Å². The highest BCUT2D eigenvalue weighted by Gasteiger charge is 2.18. The van der Waals surface area contributed by atoms with Crippen LogP contribution in [0.1, 0.15) is 78.5 Å². The maximum atomic E-state index is 5.48. The number of nitrogens with two attached hydrogens (primary N) is 1. The van der Waals surface area contributed by atoms with Gasteiger partial charge in [0.15, 0.2) is 0 Å². The summed E-state index contributed by atoms with van der Waals surface area (Å²) in [5, 5.41) is 6.78. The third-order valence-corrected chi connectivity index (χ3v) is 7.57. The van der Waals surface area contributed by atoms with Crippen LogP contribution in [0.15, 0.2) is 168 Å². The van der Waals surface area contributed by atoms with Gasteiger partial charge in [0.1, 0.15) is 0 Å². The molecule has 1 aliphatic carbocycles. The number of nitrogens with one attached hydrogen (secondary N) is 2. The second kappa shape index (κ2) is 23.5. The van der Waals surface area contributed by atoms with E-state index in [9.17, 15) is 0 Å². The molecular formula is C44H62N4. The standard InChI is InChI=1S/C31H42N2.C7H9N.C6H11N/c1-10-14-31-18-17-29(20-30(31)13-4)22-33-27(9)25(7)19-24(6)26(8)32-21-23(5)15-16-28(11-2)12-3;1-4-5(2)7(8)6(4)3;1-4-7-5-6(2)3/h11-12,15-20,32-33H,2-3,6,8-10,13-14,21-22H2,1,4-5,7H3;1-2,8H2,3H3;4-5H,1-3H3/b23-15+,25-19+;;. The van der Waals surface area contributed by atoms with Crippen molar-refractivity contribution >= 4 is 6.21 Å². The first-order chi connectivity index (χ1) is 22.7. The molecule has 0 fully saturated rings. The minimum atomic E-state index is 0.690. The summed E-state index contributed by atoms with van der Waals surface area (Å²) in [7, 11) is 0. The minimum Gasteiger partial charge on any atom is -0.398 e. The highest BCUT2D eigenvalue weighted by molar-refractivity contribution is 5.65. The molecule has 1 aromatic carbocycles. The van der Waals surface area contributed by atoms with E-state index in [4.69, 9.17) is 5.73 Å². The molecule has 0 aromatic heterocycles. The van der Waals surface area contributed by atoms with Crippen molar-refractivity contribution in [1.82, 2.24) is 10.6 Å². The van der Waals surface area contributed by atoms with E-state index in [1.807, 2.05) is 59.0 Å². The lowest BCUT2D eigenvalue weighted by molar-refractivity contribution is 0.816. The molecule has 1 aromatic rings. The van der Waals surface area contributed by atoms with Crippen molar-refractivity contribution in [2.24, 2.45) is 10.7 Å². The first kappa shape index (κ1) is 43.2. The summed E-state index contributed by atoms with van der Waals surface area (Å²) in [5.41, 5.74) is 20.4. The highest BCUT2D eigenvalue weighted by Crippen LogP contribution is 2.32. The lowest BCUT2D eigenvalue weighted by atomic mass is 9.86. The van der Waals surface area contributed by atoms with Crippen LogP contribution in [0.2, 0.25) is 0 Å². The zero-order valence-corrected chi connectivity index (χ0v) is 31.3. The maximum Gasteiger partial charge on any atom is 0.0423 e. The molecule has 1 aliphatic rings. The molecule has 0 amide bonds. The van der Waals surface area contributed by atoms with E-state index >= 15 is 0 Å². The third-order valence-electron chi connectivity index (χ3n) is 7.57. The molecule has 4 heteroatoms. The average molecular weight is 647 g/mol. The van der Waals surface area contributed by atoms with Crippen LogP contribution in [0, 0.1) is 0 Å². The minimum absolute atomic E-state index is 0.690. The summed E-state index contributed by atoms with van der Waals surface area (Å²) >= 11 is 0. The zero-order valence-electron chi connectivity index (χ0n) is 31.3. The van der Waals surface area contributed by atoms with Gasteiger partial charge < -0.3 is 16.4 Å². The van der Waals surface area contributed by atoms with Crippen molar-refractivity contribution in [2.75, 3.05) is 6.54 Å². The van der Waals surface area contributed by atoms with Crippen molar-refractivity contribution in [3.05, 3.63) is 179 Å². The summed E-state index contributed by atoms with van der Waals surface area (Å²) in [6.07, 6.45) is 16.6. The smallest absolute Gasteiger partial charge is 0.0423 e. The van der Waals surface area contributed by atoms with Crippen molar-refractivity contribution in [2.45, 2.75) is 81.2 Å². The Hall–Kier alpha value is -4.83. The van der Waals surface area contributed by atoms with Crippen LogP contribution < -0.4 is 16.4 Å². The molecule has 4 nitrogen and oxygen atoms in total. The van der Waals surface area contributed by atoms with Crippen LogP contribution in [0.5, 0.6) is 0 Å². The number of rotatable bonds is 16. The number of aliphatic imine (C=N–C) groups is 1. The van der Waals surface area contributed by atoms with E-state index in [-0.39, 0.29) is 0 Å². The Kier molecular flexibility index (Phi) is 21.1. The first-order valence-electron chi connectivity index (χ1n) is 16.6. The zero-order chi connectivity index (χ0) is 36.8. The highest BCUT2D eigenvalue weighted by atomic mass is 14.9. The maximum absolute atomic E-state index is 5.48. The van der Waals surface area contributed by atoms with Crippen molar-refractivity contribution in [3.8, 4) is 0 Å². The van der Waals surface area contributed by atoms with Gasteiger partial charge in [0.25, 0.3) is 0 Å². The Bertz CT molecular complexity index is 1490. The number of nitrogens with zero attached hydrogens (tertiary/aromatic N) is 1. The molecular weight excluding hydrogens is 585 g/mol. The SMILES string of the molecule is C=C1C(=C)C(N)=C1C.C=CC(C=C)=C/C=C(\C)CNC(=C)C(=C)/C=C(\C)C(=C)NCc1ccc(CCC)c(CC)c1.CC=NC=C(C)C. The van der Waals surface area contributed by atoms with Gasteiger partial charge in [-0.1, -0.05) is 120 Å². The molecule has 0 radical (unpaired) electrons. The molecule has 0 spiro atoms. The fraction of sp³-hybridized carbons (Fsp3) is 0.295. The number of allylic oxidation sites excluding steroid dienone is 10. The summed E-state index contributed by atoms with van der Waals surface area (Å²) in [6, 6.07) is 6.80. The number of hydrogen-bond acceptors (Lipinski definition) is 4. The molecule has 0 bridgehead atoms. The van der Waals surface area contributed by atoms with Gasteiger partial charge in [-0.3, -0.25) is 4.99 Å². The van der Waals surface area contributed by atoms with Crippen molar-refractivity contribution < 1.29 is 0 Å². The largest absolute Gasteiger partial charge is 0.398 e. The lowest BCUT2D eigenvalue weighted by Gasteiger charge is -2.22. The fourth-order valence-electron chi connectivity index (χ4n) is 4.23. The normalized spacial score (nSPS) is 12.4.